The molecule has 2 saturated heterocycles. The van der Waals surface area contributed by atoms with Crippen LogP contribution >= 0.6 is 0 Å². The SMILES string of the molecule is CCCCN(C(=O)c1ccc(-c2ccc(OCC3CO3)cc2)cc1)c1ccc(N(CCCC)C(=O)c2ccc(-c3ccc(OCC4CO4)cc3)cc2)cc1. The van der Waals surface area contributed by atoms with Crippen molar-refractivity contribution < 1.29 is 28.5 Å². The number of anilines is 2. The standard InChI is InChI=1S/C46H48N2O6/c1-3-5-27-47(45(49)37-11-7-33(8-12-37)35-15-23-41(24-16-35)51-29-43-31-53-43)39-19-21-40(22-20-39)48(28-6-4-2)46(50)38-13-9-34(10-14-38)36-17-25-42(26-18-36)52-30-44-32-54-44/h7-26,43-44H,3-6,27-32H2,1-2H3. The minimum atomic E-state index is -0.0529. The van der Waals surface area contributed by atoms with Gasteiger partial charge in [-0.25, -0.2) is 0 Å². The first-order valence-corrected chi connectivity index (χ1v) is 19.1. The van der Waals surface area contributed by atoms with E-state index in [2.05, 4.69) is 13.8 Å². The van der Waals surface area contributed by atoms with E-state index in [9.17, 15) is 9.59 Å². The van der Waals surface area contributed by atoms with Gasteiger partial charge in [0.05, 0.1) is 13.2 Å². The molecule has 7 rings (SSSR count). The number of benzene rings is 5. The molecule has 2 atom stereocenters. The van der Waals surface area contributed by atoms with E-state index in [1.807, 2.05) is 131 Å². The summed E-state index contributed by atoms with van der Waals surface area (Å²) in [6.45, 7) is 8.12. The third-order valence-electron chi connectivity index (χ3n) is 9.75. The lowest BCUT2D eigenvalue weighted by Crippen LogP contribution is -2.33. The molecule has 2 unspecified atom stereocenters. The number of hydrogen-bond donors (Lipinski definition) is 0. The Morgan fingerprint density at radius 2 is 0.833 bits per heavy atom. The predicted molar refractivity (Wildman–Crippen MR) is 214 cm³/mol. The fourth-order valence-electron chi connectivity index (χ4n) is 6.26. The molecule has 2 aliphatic heterocycles. The highest BCUT2D eigenvalue weighted by Crippen LogP contribution is 2.29. The van der Waals surface area contributed by atoms with Crippen LogP contribution in [-0.2, 0) is 9.47 Å². The quantitative estimate of drug-likeness (QED) is 0.0838. The van der Waals surface area contributed by atoms with Gasteiger partial charge in [0.25, 0.3) is 11.8 Å². The summed E-state index contributed by atoms with van der Waals surface area (Å²) in [6.07, 6.45) is 4.10. The van der Waals surface area contributed by atoms with Crippen molar-refractivity contribution in [2.75, 3.05) is 49.3 Å². The van der Waals surface area contributed by atoms with Crippen LogP contribution in [0.2, 0.25) is 0 Å². The Balaban J connectivity index is 1.02. The molecule has 8 nitrogen and oxygen atoms in total. The van der Waals surface area contributed by atoms with Gasteiger partial charge in [-0.15, -0.1) is 0 Å². The van der Waals surface area contributed by atoms with E-state index in [1.54, 1.807) is 0 Å². The first-order chi connectivity index (χ1) is 26.5. The van der Waals surface area contributed by atoms with Gasteiger partial charge >= 0.3 is 0 Å². The highest BCUT2D eigenvalue weighted by atomic mass is 16.6. The van der Waals surface area contributed by atoms with Crippen LogP contribution in [0.4, 0.5) is 11.4 Å². The van der Waals surface area contributed by atoms with Crippen molar-refractivity contribution in [3.05, 3.63) is 132 Å². The molecule has 278 valence electrons. The summed E-state index contributed by atoms with van der Waals surface area (Å²) in [7, 11) is 0. The van der Waals surface area contributed by atoms with Crippen LogP contribution in [0, 0.1) is 0 Å². The zero-order valence-corrected chi connectivity index (χ0v) is 31.1. The molecule has 2 heterocycles. The molecule has 0 saturated carbocycles. The van der Waals surface area contributed by atoms with Crippen molar-refractivity contribution in [3.8, 4) is 33.8 Å². The first-order valence-electron chi connectivity index (χ1n) is 19.1. The molecule has 0 N–H and O–H groups in total. The smallest absolute Gasteiger partial charge is 0.258 e. The summed E-state index contributed by atoms with van der Waals surface area (Å²) in [4.78, 5) is 31.6. The highest BCUT2D eigenvalue weighted by Gasteiger charge is 2.24. The Kier molecular flexibility index (Phi) is 12.0. The highest BCUT2D eigenvalue weighted by molar-refractivity contribution is 6.08. The van der Waals surface area contributed by atoms with Gasteiger partial charge < -0.3 is 28.7 Å². The molecule has 2 aliphatic rings. The fourth-order valence-corrected chi connectivity index (χ4v) is 6.26. The summed E-state index contributed by atoms with van der Waals surface area (Å²) < 4.78 is 22.0. The third kappa shape index (κ3) is 9.56. The zero-order chi connectivity index (χ0) is 37.3. The molecule has 0 radical (unpaired) electrons. The summed E-state index contributed by atoms with van der Waals surface area (Å²) in [5.74, 6) is 1.52. The molecule has 8 heteroatoms. The van der Waals surface area contributed by atoms with Gasteiger partial charge in [0.2, 0.25) is 0 Å². The Labute approximate surface area is 318 Å². The van der Waals surface area contributed by atoms with E-state index in [0.717, 1.165) is 84.0 Å². The predicted octanol–water partition coefficient (Wildman–Crippen LogP) is 9.47. The van der Waals surface area contributed by atoms with Crippen LogP contribution in [-0.4, -0.2) is 63.5 Å². The summed E-state index contributed by atoms with van der Waals surface area (Å²) >= 11 is 0. The molecular formula is C46H48N2O6. The third-order valence-corrected chi connectivity index (χ3v) is 9.75. The van der Waals surface area contributed by atoms with Crippen LogP contribution in [0.5, 0.6) is 11.5 Å². The number of hydrogen-bond acceptors (Lipinski definition) is 6. The lowest BCUT2D eigenvalue weighted by Gasteiger charge is -2.26. The average Bonchev–Trinajstić information content (AvgIpc) is 4.17. The second kappa shape index (κ2) is 17.6. The molecule has 2 amide bonds. The van der Waals surface area contributed by atoms with Gasteiger partial charge in [0.15, 0.2) is 0 Å². The maximum atomic E-state index is 14.0. The molecule has 54 heavy (non-hydrogen) atoms. The number of rotatable bonds is 18. The van der Waals surface area contributed by atoms with Crippen molar-refractivity contribution in [2.24, 2.45) is 0 Å². The largest absolute Gasteiger partial charge is 0.491 e. The Morgan fingerprint density at radius 3 is 1.13 bits per heavy atom. The number of carbonyl (C=O) groups is 2. The van der Waals surface area contributed by atoms with Gasteiger partial charge in [0.1, 0.15) is 36.9 Å². The molecule has 0 aliphatic carbocycles. The lowest BCUT2D eigenvalue weighted by molar-refractivity contribution is 0.0978. The summed E-state index contributed by atoms with van der Waals surface area (Å²) in [5, 5.41) is 0. The number of ether oxygens (including phenoxy) is 4. The first kappa shape index (κ1) is 36.9. The maximum absolute atomic E-state index is 14.0. The van der Waals surface area contributed by atoms with Gasteiger partial charge in [-0.3, -0.25) is 9.59 Å². The summed E-state index contributed by atoms with van der Waals surface area (Å²) in [5.41, 5.74) is 7.01. The molecule has 0 spiro atoms. The van der Waals surface area contributed by atoms with Crippen LogP contribution in [0.1, 0.15) is 60.2 Å². The van der Waals surface area contributed by atoms with E-state index >= 15 is 0 Å². The van der Waals surface area contributed by atoms with Crippen molar-refractivity contribution in [1.29, 1.82) is 0 Å². The van der Waals surface area contributed by atoms with Crippen LogP contribution in [0.15, 0.2) is 121 Å². The Bertz CT molecular complexity index is 1820. The number of nitrogens with zero attached hydrogens (tertiary/aromatic N) is 2. The second-order valence-electron chi connectivity index (χ2n) is 13.9. The van der Waals surface area contributed by atoms with Gasteiger partial charge in [-0.1, -0.05) is 75.2 Å². The minimum absolute atomic E-state index is 0.0529. The molecule has 0 aromatic heterocycles. The van der Waals surface area contributed by atoms with Crippen molar-refractivity contribution in [2.45, 2.75) is 51.7 Å². The minimum Gasteiger partial charge on any atom is -0.491 e. The topological polar surface area (TPSA) is 84.1 Å². The van der Waals surface area contributed by atoms with Gasteiger partial charge in [0, 0.05) is 35.6 Å². The van der Waals surface area contributed by atoms with Crippen molar-refractivity contribution in [3.63, 3.8) is 0 Å². The molecular weight excluding hydrogens is 677 g/mol. The van der Waals surface area contributed by atoms with Gasteiger partial charge in [-0.2, -0.15) is 0 Å². The number of amides is 2. The van der Waals surface area contributed by atoms with Crippen LogP contribution < -0.4 is 19.3 Å². The fraction of sp³-hybridized carbons (Fsp3) is 0.304. The van der Waals surface area contributed by atoms with Gasteiger partial charge in [-0.05, 0) is 108 Å². The van der Waals surface area contributed by atoms with E-state index < -0.39 is 0 Å². The van der Waals surface area contributed by atoms with E-state index in [4.69, 9.17) is 18.9 Å². The monoisotopic (exact) mass is 724 g/mol. The molecule has 0 bridgehead atoms. The number of unbranched alkanes of at least 4 members (excludes halogenated alkanes) is 2. The maximum Gasteiger partial charge on any atom is 0.258 e. The van der Waals surface area contributed by atoms with E-state index in [-0.39, 0.29) is 24.0 Å². The lowest BCUT2D eigenvalue weighted by atomic mass is 10.0. The molecule has 5 aromatic carbocycles. The van der Waals surface area contributed by atoms with E-state index in [0.29, 0.717) is 37.4 Å². The number of carbonyl (C=O) groups excluding carboxylic acids is 2. The normalized spacial score (nSPS) is 15.7. The van der Waals surface area contributed by atoms with Crippen LogP contribution in [0.3, 0.4) is 0 Å². The Hall–Kier alpha value is -5.44. The van der Waals surface area contributed by atoms with Crippen LogP contribution in [0.25, 0.3) is 22.3 Å². The van der Waals surface area contributed by atoms with E-state index in [1.165, 1.54) is 0 Å². The zero-order valence-electron chi connectivity index (χ0n) is 31.1. The van der Waals surface area contributed by atoms with Crippen molar-refractivity contribution in [1.82, 2.24) is 0 Å². The average molecular weight is 725 g/mol. The second-order valence-corrected chi connectivity index (χ2v) is 13.9. The van der Waals surface area contributed by atoms with Crippen molar-refractivity contribution >= 4 is 23.2 Å². The molecule has 2 fully saturated rings. The summed E-state index contributed by atoms with van der Waals surface area (Å²) in [6, 6.07) is 39.3. The Morgan fingerprint density at radius 1 is 0.519 bits per heavy atom. The molecule has 5 aromatic rings. The number of epoxide rings is 2.